The minimum atomic E-state index is -1.93. The highest BCUT2D eigenvalue weighted by atomic mass is 35.5. The third kappa shape index (κ3) is 5.16. The van der Waals surface area contributed by atoms with Gasteiger partial charge in [0.2, 0.25) is 0 Å². The molecular weight excluding hydrogens is 554 g/mol. The van der Waals surface area contributed by atoms with E-state index in [1.165, 1.54) is 0 Å². The number of hydrogen-bond donors (Lipinski definition) is 1. The minimum absolute atomic E-state index is 0.109. The number of ether oxygens (including phenoxy) is 1. The van der Waals surface area contributed by atoms with Gasteiger partial charge >= 0.3 is 0 Å². The fourth-order valence-corrected chi connectivity index (χ4v) is 7.86. The van der Waals surface area contributed by atoms with Crippen LogP contribution in [-0.4, -0.2) is 75.8 Å². The average Bonchev–Trinajstić information content (AvgIpc) is 3.30. The number of nitrogens with one attached hydrogen (secondary N) is 1. The molecule has 204 valence electrons. The number of fused-ring (bicyclic) bond motifs is 1. The summed E-state index contributed by atoms with van der Waals surface area (Å²) in [5.74, 6) is 1.64. The van der Waals surface area contributed by atoms with Crippen LogP contribution >= 0.6 is 30.3 Å². The number of pyridine rings is 2. The summed E-state index contributed by atoms with van der Waals surface area (Å²) in [5, 5.41) is 9.55. The van der Waals surface area contributed by atoms with Gasteiger partial charge in [-0.05, 0) is 50.8 Å². The summed E-state index contributed by atoms with van der Waals surface area (Å²) in [6.45, 7) is 9.83. The molecule has 2 aliphatic rings. The average molecular weight is 585 g/mol. The maximum absolute atomic E-state index is 12.4. The second-order valence-corrected chi connectivity index (χ2v) is 15.3. The molecule has 1 N–H and O–H groups in total. The lowest BCUT2D eigenvalue weighted by atomic mass is 9.89. The van der Waals surface area contributed by atoms with E-state index in [1.807, 2.05) is 38.0 Å². The van der Waals surface area contributed by atoms with Crippen molar-refractivity contribution in [2.45, 2.75) is 25.5 Å². The fraction of sp³-hybridized carbons (Fsp3) is 0.393. The number of H-pyrrole nitrogens is 1. The maximum Gasteiger partial charge on any atom is 0.128 e. The summed E-state index contributed by atoms with van der Waals surface area (Å²) in [5.41, 5.74) is 3.46. The molecule has 0 amide bonds. The van der Waals surface area contributed by atoms with Gasteiger partial charge in [0.15, 0.2) is 0 Å². The Bertz CT molecular complexity index is 1540. The summed E-state index contributed by atoms with van der Waals surface area (Å²) in [4.78, 5) is 13.6. The van der Waals surface area contributed by atoms with Crippen LogP contribution in [0.4, 0.5) is 5.82 Å². The van der Waals surface area contributed by atoms with Gasteiger partial charge in [0.05, 0.1) is 28.2 Å². The molecule has 1 aromatic carbocycles. The van der Waals surface area contributed by atoms with E-state index in [9.17, 15) is 4.57 Å². The first kappa shape index (κ1) is 26.6. The molecule has 11 heteroatoms. The molecule has 8 nitrogen and oxygen atoms in total. The van der Waals surface area contributed by atoms with Crippen LogP contribution in [0.5, 0.6) is 5.75 Å². The second kappa shape index (κ2) is 10.1. The number of hydrogen-bond acceptors (Lipinski definition) is 7. The number of aromatic nitrogens is 4. The predicted octanol–water partition coefficient (Wildman–Crippen LogP) is 6.35. The van der Waals surface area contributed by atoms with Crippen LogP contribution in [0.2, 0.25) is 10.0 Å². The molecule has 0 radical (unpaired) electrons. The first-order valence-corrected chi connectivity index (χ1v) is 16.4. The van der Waals surface area contributed by atoms with E-state index in [4.69, 9.17) is 32.9 Å². The molecule has 2 fully saturated rings. The van der Waals surface area contributed by atoms with Crippen molar-refractivity contribution in [2.75, 3.05) is 50.1 Å². The topological polar surface area (TPSA) is 87.2 Å². The molecule has 0 aliphatic carbocycles. The van der Waals surface area contributed by atoms with Crippen molar-refractivity contribution in [1.29, 1.82) is 0 Å². The van der Waals surface area contributed by atoms with E-state index in [-0.39, 0.29) is 11.6 Å². The second-order valence-electron chi connectivity index (χ2n) is 11.0. The van der Waals surface area contributed by atoms with Crippen molar-refractivity contribution in [3.05, 3.63) is 64.5 Å². The number of benzene rings is 1. The molecule has 3 aromatic heterocycles. The van der Waals surface area contributed by atoms with Crippen LogP contribution < -0.4 is 9.64 Å². The van der Waals surface area contributed by atoms with Crippen molar-refractivity contribution in [2.24, 2.45) is 0 Å². The van der Waals surface area contributed by atoms with E-state index in [0.717, 1.165) is 66.5 Å². The van der Waals surface area contributed by atoms with Gasteiger partial charge in [-0.3, -0.25) is 15.0 Å². The normalized spacial score (nSPS) is 19.6. The maximum atomic E-state index is 12.4. The highest BCUT2D eigenvalue weighted by Crippen LogP contribution is 2.45. The molecule has 2 aliphatic heterocycles. The van der Waals surface area contributed by atoms with E-state index in [0.29, 0.717) is 21.4 Å². The van der Waals surface area contributed by atoms with Crippen LogP contribution in [0, 0.1) is 0 Å². The summed E-state index contributed by atoms with van der Waals surface area (Å²) >= 11 is 12.6. The SMILES string of the molecule is C[C@@H](Oc1ccc2[nH]nc(-c3ccc(N4CC(C)(N5CCP(C)(=O)CC5)C4)nc3)c2c1)c1c(Cl)cncc1Cl. The lowest BCUT2D eigenvalue weighted by Crippen LogP contribution is -2.70. The van der Waals surface area contributed by atoms with Crippen molar-refractivity contribution in [3.63, 3.8) is 0 Å². The number of anilines is 1. The molecule has 0 unspecified atom stereocenters. The van der Waals surface area contributed by atoms with Crippen LogP contribution in [0.25, 0.3) is 22.2 Å². The van der Waals surface area contributed by atoms with Crippen LogP contribution in [0.1, 0.15) is 25.5 Å². The van der Waals surface area contributed by atoms with Crippen LogP contribution in [0.3, 0.4) is 0 Å². The molecule has 4 aromatic rings. The van der Waals surface area contributed by atoms with Crippen LogP contribution in [0.15, 0.2) is 48.9 Å². The molecule has 0 bridgehead atoms. The standard InChI is InChI=1S/C28H31Cl2N6O2P/c1-18(26-22(29)14-31-15-23(26)30)38-20-5-6-24-21(12-20)27(34-33-24)19-4-7-25(32-13-19)35-16-28(2,17-35)36-8-10-39(3,37)11-9-36/h4-7,12-15,18H,8-11,16-17H2,1-3H3,(H,33,34)/t18-/m1/s1. The van der Waals surface area contributed by atoms with E-state index < -0.39 is 7.14 Å². The molecule has 2 saturated heterocycles. The fourth-order valence-electron chi connectivity index (χ4n) is 5.64. The van der Waals surface area contributed by atoms with E-state index in [2.05, 4.69) is 44.0 Å². The van der Waals surface area contributed by atoms with Crippen molar-refractivity contribution in [1.82, 2.24) is 25.1 Å². The molecule has 1 atom stereocenters. The summed E-state index contributed by atoms with van der Waals surface area (Å²) < 4.78 is 18.6. The molecule has 0 saturated carbocycles. The Balaban J connectivity index is 1.16. The molecule has 39 heavy (non-hydrogen) atoms. The van der Waals surface area contributed by atoms with Crippen molar-refractivity contribution in [3.8, 4) is 17.0 Å². The quantitative estimate of drug-likeness (QED) is 0.264. The Hall–Kier alpha value is -2.64. The Labute approximate surface area is 238 Å². The minimum Gasteiger partial charge on any atom is -0.486 e. The molecular formula is C28H31Cl2N6O2P. The van der Waals surface area contributed by atoms with Gasteiger partial charge in [-0.1, -0.05) is 23.2 Å². The zero-order valence-corrected chi connectivity index (χ0v) is 24.6. The predicted molar refractivity (Wildman–Crippen MR) is 158 cm³/mol. The van der Waals surface area contributed by atoms with Gasteiger partial charge in [-0.25, -0.2) is 4.98 Å². The summed E-state index contributed by atoms with van der Waals surface area (Å²) in [6, 6.07) is 9.94. The molecule has 0 spiro atoms. The summed E-state index contributed by atoms with van der Waals surface area (Å²) in [6.07, 6.45) is 6.29. The molecule has 6 rings (SSSR count). The highest BCUT2D eigenvalue weighted by molar-refractivity contribution is 7.63. The third-order valence-corrected chi connectivity index (χ3v) is 10.9. The Kier molecular flexibility index (Phi) is 6.87. The van der Waals surface area contributed by atoms with Crippen LogP contribution in [-0.2, 0) is 4.57 Å². The number of halogens is 2. The lowest BCUT2D eigenvalue weighted by molar-refractivity contribution is 0.0832. The highest BCUT2D eigenvalue weighted by Gasteiger charge is 2.45. The van der Waals surface area contributed by atoms with E-state index in [1.54, 1.807) is 12.4 Å². The van der Waals surface area contributed by atoms with Crippen molar-refractivity contribution < 1.29 is 9.30 Å². The molecule has 5 heterocycles. The Morgan fingerprint density at radius 2 is 1.79 bits per heavy atom. The smallest absolute Gasteiger partial charge is 0.128 e. The third-order valence-electron chi connectivity index (χ3n) is 8.00. The number of rotatable bonds is 6. The number of nitrogens with zero attached hydrogens (tertiary/aromatic N) is 5. The first-order chi connectivity index (χ1) is 18.6. The van der Waals surface area contributed by atoms with E-state index >= 15 is 0 Å². The zero-order chi connectivity index (χ0) is 27.4. The summed E-state index contributed by atoms with van der Waals surface area (Å²) in [7, 11) is -1.93. The number of aromatic amines is 1. The Morgan fingerprint density at radius 1 is 1.08 bits per heavy atom. The lowest BCUT2D eigenvalue weighted by Gasteiger charge is -2.56. The monoisotopic (exact) mass is 584 g/mol. The van der Waals surface area contributed by atoms with Gasteiger partial charge in [-0.2, -0.15) is 5.10 Å². The zero-order valence-electron chi connectivity index (χ0n) is 22.2. The van der Waals surface area contributed by atoms with Gasteiger partial charge in [-0.15, -0.1) is 0 Å². The Morgan fingerprint density at radius 3 is 2.46 bits per heavy atom. The van der Waals surface area contributed by atoms with Gasteiger partial charge in [0, 0.05) is 73.6 Å². The largest absolute Gasteiger partial charge is 0.486 e. The van der Waals surface area contributed by atoms with Crippen molar-refractivity contribution >= 4 is 47.1 Å². The van der Waals surface area contributed by atoms with Gasteiger partial charge < -0.3 is 14.2 Å². The van der Waals surface area contributed by atoms with Gasteiger partial charge in [0.1, 0.15) is 23.4 Å². The van der Waals surface area contributed by atoms with Gasteiger partial charge in [0.25, 0.3) is 0 Å². The first-order valence-electron chi connectivity index (χ1n) is 13.1.